The molecule has 146 valence electrons. The summed E-state index contributed by atoms with van der Waals surface area (Å²) < 4.78 is 25.1. The fraction of sp³-hybridized carbons (Fsp3) is 0.500. The maximum Gasteiger partial charge on any atom is 0.242 e. The maximum atomic E-state index is 12.7. The standard InChI is InChI=1S/C20H26N2O3S2/c1-15(2)9-10-19-21-17(12-26-19)13-27(24,25)14-20(23)22-11-5-7-16-6-3-4-8-18(16)22/h3-4,6,8,12,15H,5,7,9-11,13-14H2,1-2H3. The number of sulfone groups is 1. The average Bonchev–Trinajstić information content (AvgIpc) is 3.05. The number of rotatable bonds is 7. The Labute approximate surface area is 165 Å². The molecule has 0 radical (unpaired) electrons. The molecule has 2 aromatic rings. The molecule has 0 spiro atoms. The van der Waals surface area contributed by atoms with Gasteiger partial charge in [0.1, 0.15) is 5.75 Å². The normalized spacial score (nSPS) is 14.4. The number of nitrogens with zero attached hydrogens (tertiary/aromatic N) is 2. The van der Waals surface area contributed by atoms with Gasteiger partial charge in [-0.1, -0.05) is 32.0 Å². The number of aromatic nitrogens is 1. The lowest BCUT2D eigenvalue weighted by Gasteiger charge is -2.29. The number of fused-ring (bicyclic) bond motifs is 1. The number of thiazole rings is 1. The number of hydrogen-bond acceptors (Lipinski definition) is 5. The second kappa shape index (κ2) is 8.52. The molecular formula is C20H26N2O3S2. The zero-order valence-electron chi connectivity index (χ0n) is 15.8. The zero-order chi connectivity index (χ0) is 19.4. The number of para-hydroxylation sites is 1. The van der Waals surface area contributed by atoms with Crippen LogP contribution >= 0.6 is 11.3 Å². The van der Waals surface area contributed by atoms with E-state index in [0.717, 1.165) is 41.9 Å². The average molecular weight is 407 g/mol. The molecule has 0 unspecified atom stereocenters. The number of hydrogen-bond donors (Lipinski definition) is 0. The van der Waals surface area contributed by atoms with Crippen LogP contribution in [0.5, 0.6) is 0 Å². The summed E-state index contributed by atoms with van der Waals surface area (Å²) in [6, 6.07) is 7.72. The van der Waals surface area contributed by atoms with E-state index in [2.05, 4.69) is 18.8 Å². The van der Waals surface area contributed by atoms with E-state index in [1.165, 1.54) is 11.3 Å². The molecule has 1 aromatic heterocycles. The van der Waals surface area contributed by atoms with Crippen molar-refractivity contribution in [2.45, 2.75) is 45.3 Å². The molecule has 1 aliphatic heterocycles. The van der Waals surface area contributed by atoms with Gasteiger partial charge in [0.2, 0.25) is 5.91 Å². The minimum absolute atomic E-state index is 0.174. The third kappa shape index (κ3) is 5.39. The number of amides is 1. The Kier molecular flexibility index (Phi) is 6.32. The van der Waals surface area contributed by atoms with Crippen molar-refractivity contribution in [3.05, 3.63) is 45.9 Å². The van der Waals surface area contributed by atoms with E-state index in [0.29, 0.717) is 18.2 Å². The van der Waals surface area contributed by atoms with Crippen molar-refractivity contribution < 1.29 is 13.2 Å². The molecule has 0 saturated carbocycles. The van der Waals surface area contributed by atoms with Crippen LogP contribution in [0.15, 0.2) is 29.6 Å². The second-order valence-electron chi connectivity index (χ2n) is 7.47. The lowest BCUT2D eigenvalue weighted by molar-refractivity contribution is -0.116. The van der Waals surface area contributed by atoms with Crippen molar-refractivity contribution in [3.63, 3.8) is 0 Å². The Morgan fingerprint density at radius 1 is 1.30 bits per heavy atom. The SMILES string of the molecule is CC(C)CCc1nc(CS(=O)(=O)CC(=O)N2CCCc3ccccc32)cs1. The number of anilines is 1. The molecule has 0 bridgehead atoms. The first-order chi connectivity index (χ1) is 12.8. The van der Waals surface area contributed by atoms with Crippen LogP contribution in [-0.2, 0) is 33.2 Å². The van der Waals surface area contributed by atoms with Gasteiger partial charge in [-0.15, -0.1) is 11.3 Å². The van der Waals surface area contributed by atoms with Crippen LogP contribution in [0.4, 0.5) is 5.69 Å². The highest BCUT2D eigenvalue weighted by atomic mass is 32.2. The van der Waals surface area contributed by atoms with Crippen LogP contribution in [0.2, 0.25) is 0 Å². The van der Waals surface area contributed by atoms with Crippen molar-refractivity contribution in [2.75, 3.05) is 17.2 Å². The molecule has 3 rings (SSSR count). The van der Waals surface area contributed by atoms with Gasteiger partial charge in [0.15, 0.2) is 9.84 Å². The summed E-state index contributed by atoms with van der Waals surface area (Å²) >= 11 is 1.50. The highest BCUT2D eigenvalue weighted by Gasteiger charge is 2.27. The number of carbonyl (C=O) groups is 1. The van der Waals surface area contributed by atoms with E-state index in [4.69, 9.17) is 0 Å². The van der Waals surface area contributed by atoms with Gasteiger partial charge in [0.25, 0.3) is 0 Å². The quantitative estimate of drug-likeness (QED) is 0.704. The molecule has 0 atom stereocenters. The predicted octanol–water partition coefficient (Wildman–Crippen LogP) is 3.63. The molecule has 1 aromatic carbocycles. The van der Waals surface area contributed by atoms with Gasteiger partial charge < -0.3 is 4.90 Å². The highest BCUT2D eigenvalue weighted by Crippen LogP contribution is 2.27. The number of carbonyl (C=O) groups excluding carboxylic acids is 1. The lowest BCUT2D eigenvalue weighted by Crippen LogP contribution is -2.39. The number of aryl methyl sites for hydroxylation is 2. The first-order valence-electron chi connectivity index (χ1n) is 9.36. The fourth-order valence-corrected chi connectivity index (χ4v) is 5.43. The van der Waals surface area contributed by atoms with E-state index < -0.39 is 15.6 Å². The van der Waals surface area contributed by atoms with Crippen LogP contribution in [0.3, 0.4) is 0 Å². The lowest BCUT2D eigenvalue weighted by atomic mass is 10.0. The summed E-state index contributed by atoms with van der Waals surface area (Å²) in [7, 11) is -3.55. The van der Waals surface area contributed by atoms with Gasteiger partial charge in [-0.3, -0.25) is 4.79 Å². The van der Waals surface area contributed by atoms with Gasteiger partial charge in [-0.05, 0) is 43.2 Å². The third-order valence-corrected chi connectivity index (χ3v) is 7.04. The van der Waals surface area contributed by atoms with Crippen molar-refractivity contribution in [1.82, 2.24) is 4.98 Å². The maximum absolute atomic E-state index is 12.7. The summed E-state index contributed by atoms with van der Waals surface area (Å²) in [5.41, 5.74) is 2.49. The van der Waals surface area contributed by atoms with E-state index in [9.17, 15) is 13.2 Å². The van der Waals surface area contributed by atoms with Crippen LogP contribution in [-0.4, -0.2) is 31.6 Å². The van der Waals surface area contributed by atoms with Gasteiger partial charge in [-0.2, -0.15) is 0 Å². The van der Waals surface area contributed by atoms with E-state index in [-0.39, 0.29) is 11.7 Å². The molecule has 5 nitrogen and oxygen atoms in total. The molecule has 0 aliphatic carbocycles. The van der Waals surface area contributed by atoms with Crippen molar-refractivity contribution in [3.8, 4) is 0 Å². The number of benzene rings is 1. The van der Waals surface area contributed by atoms with E-state index >= 15 is 0 Å². The first-order valence-corrected chi connectivity index (χ1v) is 12.1. The minimum atomic E-state index is -3.55. The Morgan fingerprint density at radius 3 is 2.85 bits per heavy atom. The fourth-order valence-electron chi connectivity index (χ4n) is 3.28. The summed E-state index contributed by atoms with van der Waals surface area (Å²) in [5, 5.41) is 2.76. The molecule has 27 heavy (non-hydrogen) atoms. The Morgan fingerprint density at radius 2 is 2.07 bits per heavy atom. The molecule has 0 fully saturated rings. The van der Waals surface area contributed by atoms with Gasteiger partial charge in [0, 0.05) is 17.6 Å². The second-order valence-corrected chi connectivity index (χ2v) is 10.5. The van der Waals surface area contributed by atoms with Crippen molar-refractivity contribution in [1.29, 1.82) is 0 Å². The topological polar surface area (TPSA) is 67.3 Å². The predicted molar refractivity (Wildman–Crippen MR) is 110 cm³/mol. The molecule has 0 N–H and O–H groups in total. The molecule has 2 heterocycles. The Balaban J connectivity index is 1.64. The van der Waals surface area contributed by atoms with Crippen molar-refractivity contribution >= 4 is 32.8 Å². The van der Waals surface area contributed by atoms with Gasteiger partial charge in [-0.25, -0.2) is 13.4 Å². The summed E-state index contributed by atoms with van der Waals surface area (Å²) in [4.78, 5) is 18.7. The summed E-state index contributed by atoms with van der Waals surface area (Å²) in [6.45, 7) is 4.88. The van der Waals surface area contributed by atoms with Gasteiger partial charge >= 0.3 is 0 Å². The minimum Gasteiger partial charge on any atom is -0.311 e. The highest BCUT2D eigenvalue weighted by molar-refractivity contribution is 7.91. The van der Waals surface area contributed by atoms with Crippen LogP contribution in [0, 0.1) is 5.92 Å². The monoisotopic (exact) mass is 406 g/mol. The molecule has 1 amide bonds. The van der Waals surface area contributed by atoms with Crippen LogP contribution < -0.4 is 4.90 Å². The third-order valence-electron chi connectivity index (χ3n) is 4.66. The Hall–Kier alpha value is -1.73. The smallest absolute Gasteiger partial charge is 0.242 e. The molecular weight excluding hydrogens is 380 g/mol. The molecule has 7 heteroatoms. The van der Waals surface area contributed by atoms with Gasteiger partial charge in [0.05, 0.1) is 16.5 Å². The Bertz CT molecular complexity index is 903. The molecule has 1 aliphatic rings. The van der Waals surface area contributed by atoms with Crippen molar-refractivity contribution in [2.24, 2.45) is 5.92 Å². The summed E-state index contributed by atoms with van der Waals surface area (Å²) in [5.74, 6) is -0.407. The van der Waals surface area contributed by atoms with E-state index in [1.807, 2.05) is 24.3 Å². The first kappa shape index (κ1) is 20.0. The van der Waals surface area contributed by atoms with E-state index in [1.54, 1.807) is 10.3 Å². The summed E-state index contributed by atoms with van der Waals surface area (Å²) in [6.07, 6.45) is 3.68. The van der Waals surface area contributed by atoms with Crippen LogP contribution in [0.1, 0.15) is 43.0 Å². The largest absolute Gasteiger partial charge is 0.311 e. The molecule has 0 saturated heterocycles. The zero-order valence-corrected chi connectivity index (χ0v) is 17.5. The van der Waals surface area contributed by atoms with Crippen LogP contribution in [0.25, 0.3) is 0 Å².